The molecule has 0 spiro atoms. The van der Waals surface area contributed by atoms with Crippen LogP contribution in [0, 0.1) is 0 Å². The highest BCUT2D eigenvalue weighted by Gasteiger charge is 2.27. The van der Waals surface area contributed by atoms with Gasteiger partial charge < -0.3 is 15.1 Å². The molecule has 2 N–H and O–H groups in total. The third-order valence-corrected chi connectivity index (χ3v) is 4.71. The Kier molecular flexibility index (Phi) is 4.84. The lowest BCUT2D eigenvalue weighted by molar-refractivity contribution is 0.0545. The summed E-state index contributed by atoms with van der Waals surface area (Å²) in [5, 5.41) is 20.6. The Morgan fingerprint density at radius 3 is 2.13 bits per heavy atom. The van der Waals surface area contributed by atoms with Crippen LogP contribution in [0.15, 0.2) is 54.6 Å². The van der Waals surface area contributed by atoms with Gasteiger partial charge in [0.1, 0.15) is 5.75 Å². The van der Waals surface area contributed by atoms with Crippen LogP contribution in [-0.2, 0) is 0 Å². The van der Waals surface area contributed by atoms with E-state index in [1.165, 1.54) is 0 Å². The molecule has 122 valence electrons. The van der Waals surface area contributed by atoms with Gasteiger partial charge in [-0.2, -0.15) is 0 Å². The maximum absolute atomic E-state index is 10.6. The molecule has 2 aromatic carbocycles. The van der Waals surface area contributed by atoms with Crippen LogP contribution in [0.3, 0.4) is 0 Å². The minimum absolute atomic E-state index is 0.0731. The van der Waals surface area contributed by atoms with E-state index in [0.29, 0.717) is 5.75 Å². The van der Waals surface area contributed by atoms with Gasteiger partial charge in [0.2, 0.25) is 0 Å². The summed E-state index contributed by atoms with van der Waals surface area (Å²) in [6, 6.07) is 17.4. The van der Waals surface area contributed by atoms with Crippen LogP contribution in [0.4, 0.5) is 5.69 Å². The van der Waals surface area contributed by atoms with Crippen LogP contribution in [0.25, 0.3) is 0 Å². The number of phenols is 1. The fraction of sp³-hybridized carbons (Fsp3) is 0.368. The number of hydrogen-bond donors (Lipinski definition) is 2. The molecule has 2 aromatic rings. The molecule has 0 unspecified atom stereocenters. The molecule has 0 aromatic heterocycles. The van der Waals surface area contributed by atoms with Crippen molar-refractivity contribution < 1.29 is 10.2 Å². The van der Waals surface area contributed by atoms with Gasteiger partial charge >= 0.3 is 0 Å². The maximum Gasteiger partial charge on any atom is 0.138 e. The summed E-state index contributed by atoms with van der Waals surface area (Å²) in [5.41, 5.74) is 1.85. The summed E-state index contributed by atoms with van der Waals surface area (Å²) in [7, 11) is 0. The number of aliphatic hydroxyl groups excluding tert-OH is 1. The van der Waals surface area contributed by atoms with Crippen molar-refractivity contribution in [1.82, 2.24) is 4.90 Å². The first kappa shape index (κ1) is 15.8. The first-order valence-electron chi connectivity index (χ1n) is 8.17. The smallest absolute Gasteiger partial charge is 0.138 e. The van der Waals surface area contributed by atoms with Crippen molar-refractivity contribution in [2.24, 2.45) is 0 Å². The fourth-order valence-electron chi connectivity index (χ4n) is 3.23. The summed E-state index contributed by atoms with van der Waals surface area (Å²) in [4.78, 5) is 4.52. The number of aliphatic hydroxyl groups is 1. The van der Waals surface area contributed by atoms with Crippen LogP contribution in [0.1, 0.15) is 18.6 Å². The molecule has 2 atom stereocenters. The van der Waals surface area contributed by atoms with Gasteiger partial charge in [-0.15, -0.1) is 0 Å². The molecule has 0 bridgehead atoms. The number of anilines is 1. The first-order chi connectivity index (χ1) is 11.2. The molecule has 4 heteroatoms. The molecule has 3 rings (SSSR count). The summed E-state index contributed by atoms with van der Waals surface area (Å²) in [5.74, 6) is 0.332. The summed E-state index contributed by atoms with van der Waals surface area (Å²) >= 11 is 0. The van der Waals surface area contributed by atoms with Crippen molar-refractivity contribution in [2.45, 2.75) is 19.1 Å². The van der Waals surface area contributed by atoms with E-state index >= 15 is 0 Å². The second-order valence-corrected chi connectivity index (χ2v) is 6.11. The molecule has 1 aliphatic rings. The van der Waals surface area contributed by atoms with Gasteiger partial charge in [-0.05, 0) is 24.6 Å². The highest BCUT2D eigenvalue weighted by molar-refractivity contribution is 5.57. The zero-order chi connectivity index (χ0) is 16.2. The monoisotopic (exact) mass is 312 g/mol. The molecule has 23 heavy (non-hydrogen) atoms. The lowest BCUT2D eigenvalue weighted by Crippen LogP contribution is -2.51. The third-order valence-electron chi connectivity index (χ3n) is 4.71. The predicted molar refractivity (Wildman–Crippen MR) is 92.8 cm³/mol. The Hall–Kier alpha value is -2.04. The highest BCUT2D eigenvalue weighted by Crippen LogP contribution is 2.28. The Bertz CT molecular complexity index is 624. The van der Waals surface area contributed by atoms with Crippen molar-refractivity contribution in [1.29, 1.82) is 0 Å². The molecular formula is C19H24N2O2. The maximum atomic E-state index is 10.6. The first-order valence-corrected chi connectivity index (χ1v) is 8.17. The van der Waals surface area contributed by atoms with E-state index < -0.39 is 6.10 Å². The van der Waals surface area contributed by atoms with Gasteiger partial charge in [0.15, 0.2) is 0 Å². The second-order valence-electron chi connectivity index (χ2n) is 6.11. The average Bonchev–Trinajstić information content (AvgIpc) is 2.62. The minimum Gasteiger partial charge on any atom is -0.506 e. The Morgan fingerprint density at radius 1 is 0.870 bits per heavy atom. The normalized spacial score (nSPS) is 18.6. The number of phenolic OH excluding ortho intramolecular Hbond substituents is 1. The highest BCUT2D eigenvalue weighted by atomic mass is 16.3. The zero-order valence-electron chi connectivity index (χ0n) is 13.5. The Morgan fingerprint density at radius 2 is 1.48 bits per heavy atom. The lowest BCUT2D eigenvalue weighted by atomic mass is 10.0. The number of para-hydroxylation sites is 2. The van der Waals surface area contributed by atoms with Gasteiger partial charge in [-0.1, -0.05) is 42.5 Å². The van der Waals surface area contributed by atoms with Crippen LogP contribution in [-0.4, -0.2) is 47.3 Å². The molecule has 0 amide bonds. The van der Waals surface area contributed by atoms with E-state index in [1.54, 1.807) is 6.07 Å². The summed E-state index contributed by atoms with van der Waals surface area (Å²) in [6.07, 6.45) is -0.479. The van der Waals surface area contributed by atoms with E-state index in [4.69, 9.17) is 0 Å². The van der Waals surface area contributed by atoms with E-state index in [-0.39, 0.29) is 6.04 Å². The van der Waals surface area contributed by atoms with E-state index in [9.17, 15) is 10.2 Å². The topological polar surface area (TPSA) is 46.9 Å². The standard InChI is InChI=1S/C19H24N2O2/c1-15(19(23)16-7-3-2-4-8-16)20-11-13-21(14-12-20)17-9-5-6-10-18(17)22/h2-10,15,19,22-23H,11-14H2,1H3/t15-,19-/m0/s1. The van der Waals surface area contributed by atoms with Gasteiger partial charge in [-0.3, -0.25) is 4.90 Å². The molecule has 1 fully saturated rings. The summed E-state index contributed by atoms with van der Waals surface area (Å²) < 4.78 is 0. The molecule has 0 aliphatic carbocycles. The zero-order valence-corrected chi connectivity index (χ0v) is 13.5. The third kappa shape index (κ3) is 3.49. The van der Waals surface area contributed by atoms with Crippen molar-refractivity contribution in [2.75, 3.05) is 31.1 Å². The molecule has 0 saturated carbocycles. The number of aromatic hydroxyl groups is 1. The van der Waals surface area contributed by atoms with E-state index in [1.807, 2.05) is 48.5 Å². The SMILES string of the molecule is C[C@@H]([C@H](O)c1ccccc1)N1CCN(c2ccccc2O)CC1. The molecule has 4 nitrogen and oxygen atoms in total. The Labute approximate surface area is 137 Å². The quantitative estimate of drug-likeness (QED) is 0.911. The van der Waals surface area contributed by atoms with Gasteiger partial charge in [0, 0.05) is 32.2 Å². The Balaban J connectivity index is 1.61. The van der Waals surface area contributed by atoms with Crippen LogP contribution in [0.5, 0.6) is 5.75 Å². The van der Waals surface area contributed by atoms with Crippen LogP contribution >= 0.6 is 0 Å². The van der Waals surface area contributed by atoms with Crippen LogP contribution in [0.2, 0.25) is 0 Å². The van der Waals surface area contributed by atoms with E-state index in [0.717, 1.165) is 37.4 Å². The lowest BCUT2D eigenvalue weighted by Gasteiger charge is -2.40. The van der Waals surface area contributed by atoms with Crippen LogP contribution < -0.4 is 4.90 Å². The minimum atomic E-state index is -0.479. The number of benzene rings is 2. The van der Waals surface area contributed by atoms with Gasteiger partial charge in [-0.25, -0.2) is 0 Å². The number of hydrogen-bond acceptors (Lipinski definition) is 4. The van der Waals surface area contributed by atoms with Crippen molar-refractivity contribution in [3.63, 3.8) is 0 Å². The number of piperazine rings is 1. The predicted octanol–water partition coefficient (Wildman–Crippen LogP) is 2.64. The molecule has 1 aliphatic heterocycles. The van der Waals surface area contributed by atoms with Crippen molar-refractivity contribution in [3.8, 4) is 5.75 Å². The van der Waals surface area contributed by atoms with Crippen molar-refractivity contribution >= 4 is 5.69 Å². The number of rotatable bonds is 4. The van der Waals surface area contributed by atoms with Crippen molar-refractivity contribution in [3.05, 3.63) is 60.2 Å². The van der Waals surface area contributed by atoms with Gasteiger partial charge in [0.05, 0.1) is 11.8 Å². The van der Waals surface area contributed by atoms with E-state index in [2.05, 4.69) is 16.7 Å². The fourth-order valence-corrected chi connectivity index (χ4v) is 3.23. The molecule has 0 radical (unpaired) electrons. The molecule has 1 saturated heterocycles. The number of nitrogens with zero attached hydrogens (tertiary/aromatic N) is 2. The second kappa shape index (κ2) is 7.02. The largest absolute Gasteiger partial charge is 0.506 e. The van der Waals surface area contributed by atoms with Gasteiger partial charge in [0.25, 0.3) is 0 Å². The molecular weight excluding hydrogens is 288 g/mol. The summed E-state index contributed by atoms with van der Waals surface area (Å²) in [6.45, 7) is 5.53. The average molecular weight is 312 g/mol. The molecule has 1 heterocycles.